The maximum Gasteiger partial charge on any atom is 0.217 e. The molecular formula is C10H15N3O. The third kappa shape index (κ3) is 3.05. The van der Waals surface area contributed by atoms with Crippen molar-refractivity contribution in [2.24, 2.45) is 7.05 Å². The van der Waals surface area contributed by atoms with Crippen LogP contribution in [0.2, 0.25) is 0 Å². The average Bonchev–Trinajstić information content (AvgIpc) is 2.39. The smallest absolute Gasteiger partial charge is 0.217 e. The fourth-order valence-electron chi connectivity index (χ4n) is 1.17. The molecule has 0 aliphatic heterocycles. The van der Waals surface area contributed by atoms with Crippen LogP contribution in [0.1, 0.15) is 18.2 Å². The minimum Gasteiger partial charge on any atom is -0.353 e. The molecule has 1 heterocycles. The maximum atomic E-state index is 10.6. The Hall–Kier alpha value is -1.58. The Kier molecular flexibility index (Phi) is 3.45. The van der Waals surface area contributed by atoms with Crippen molar-refractivity contribution in [1.82, 2.24) is 15.1 Å². The Bertz CT molecular complexity index is 352. The number of nitrogens with one attached hydrogen (secondary N) is 1. The van der Waals surface area contributed by atoms with Gasteiger partial charge in [0, 0.05) is 32.3 Å². The van der Waals surface area contributed by atoms with E-state index in [1.165, 1.54) is 6.92 Å². The molecule has 14 heavy (non-hydrogen) atoms. The highest BCUT2D eigenvalue weighted by Gasteiger charge is 1.97. The lowest BCUT2D eigenvalue weighted by molar-refractivity contribution is -0.118. The number of aromatic nitrogens is 2. The van der Waals surface area contributed by atoms with Crippen molar-refractivity contribution in [3.8, 4) is 0 Å². The fourth-order valence-corrected chi connectivity index (χ4v) is 1.17. The van der Waals surface area contributed by atoms with E-state index in [0.29, 0.717) is 6.54 Å². The molecule has 0 aliphatic rings. The average molecular weight is 193 g/mol. The standard InChI is InChI=1S/C10H15N3O/c1-8-10(7-13(3)12-8)5-4-6-11-9(2)14/h4-5,7H,6H2,1-3H3,(H,11,14). The van der Waals surface area contributed by atoms with Gasteiger partial charge in [-0.1, -0.05) is 12.2 Å². The first-order valence-corrected chi connectivity index (χ1v) is 4.51. The molecule has 4 nitrogen and oxygen atoms in total. The normalized spacial score (nSPS) is 10.8. The molecule has 0 unspecified atom stereocenters. The van der Waals surface area contributed by atoms with Crippen molar-refractivity contribution >= 4 is 12.0 Å². The van der Waals surface area contributed by atoms with Gasteiger partial charge in [-0.25, -0.2) is 0 Å². The molecule has 0 fully saturated rings. The van der Waals surface area contributed by atoms with Crippen molar-refractivity contribution in [2.45, 2.75) is 13.8 Å². The van der Waals surface area contributed by atoms with E-state index in [2.05, 4.69) is 10.4 Å². The van der Waals surface area contributed by atoms with Gasteiger partial charge in [-0.05, 0) is 6.92 Å². The summed E-state index contributed by atoms with van der Waals surface area (Å²) in [7, 11) is 1.89. The van der Waals surface area contributed by atoms with Crippen LogP contribution in [0.3, 0.4) is 0 Å². The summed E-state index contributed by atoms with van der Waals surface area (Å²) in [5.41, 5.74) is 2.07. The van der Waals surface area contributed by atoms with Crippen LogP contribution in [0, 0.1) is 6.92 Å². The van der Waals surface area contributed by atoms with Crippen molar-refractivity contribution in [1.29, 1.82) is 0 Å². The summed E-state index contributed by atoms with van der Waals surface area (Å²) >= 11 is 0. The molecule has 76 valence electrons. The second kappa shape index (κ2) is 4.60. The highest BCUT2D eigenvalue weighted by Crippen LogP contribution is 2.05. The molecule has 0 atom stereocenters. The van der Waals surface area contributed by atoms with Gasteiger partial charge in [0.15, 0.2) is 0 Å². The molecule has 0 bridgehead atoms. The fraction of sp³-hybridized carbons (Fsp3) is 0.400. The predicted octanol–water partition coefficient (Wildman–Crippen LogP) is 0.878. The van der Waals surface area contributed by atoms with Crippen LogP contribution in [0.5, 0.6) is 0 Å². The first kappa shape index (κ1) is 10.5. The monoisotopic (exact) mass is 193 g/mol. The van der Waals surface area contributed by atoms with Crippen LogP contribution in [-0.4, -0.2) is 22.2 Å². The molecule has 1 N–H and O–H groups in total. The number of hydrogen-bond donors (Lipinski definition) is 1. The Labute approximate surface area is 83.6 Å². The maximum absolute atomic E-state index is 10.6. The van der Waals surface area contributed by atoms with E-state index >= 15 is 0 Å². The lowest BCUT2D eigenvalue weighted by Crippen LogP contribution is -2.19. The predicted molar refractivity (Wildman–Crippen MR) is 55.7 cm³/mol. The van der Waals surface area contributed by atoms with Gasteiger partial charge in [0.2, 0.25) is 5.91 Å². The zero-order chi connectivity index (χ0) is 10.6. The van der Waals surface area contributed by atoms with E-state index < -0.39 is 0 Å². The van der Waals surface area contributed by atoms with Crippen LogP contribution in [-0.2, 0) is 11.8 Å². The van der Waals surface area contributed by atoms with Gasteiger partial charge in [0.05, 0.1) is 5.69 Å². The number of carbonyl (C=O) groups is 1. The molecular weight excluding hydrogens is 178 g/mol. The van der Waals surface area contributed by atoms with Gasteiger partial charge in [-0.3, -0.25) is 9.48 Å². The van der Waals surface area contributed by atoms with E-state index in [-0.39, 0.29) is 5.91 Å². The Morgan fingerprint density at radius 1 is 1.71 bits per heavy atom. The first-order valence-electron chi connectivity index (χ1n) is 4.51. The van der Waals surface area contributed by atoms with Crippen LogP contribution >= 0.6 is 0 Å². The number of rotatable bonds is 3. The van der Waals surface area contributed by atoms with E-state index in [9.17, 15) is 4.79 Å². The van der Waals surface area contributed by atoms with Crippen LogP contribution in [0.15, 0.2) is 12.3 Å². The summed E-state index contributed by atoms with van der Waals surface area (Å²) in [5.74, 6) is -0.0161. The SMILES string of the molecule is CC(=O)NCC=Cc1cn(C)nc1C. The van der Waals surface area contributed by atoms with E-state index in [4.69, 9.17) is 0 Å². The van der Waals surface area contributed by atoms with Crippen LogP contribution in [0.4, 0.5) is 0 Å². The molecule has 0 aliphatic carbocycles. The summed E-state index contributed by atoms with van der Waals surface area (Å²) < 4.78 is 1.77. The second-order valence-electron chi connectivity index (χ2n) is 3.18. The van der Waals surface area contributed by atoms with Gasteiger partial charge in [-0.2, -0.15) is 5.10 Å². The van der Waals surface area contributed by atoms with E-state index in [1.54, 1.807) is 4.68 Å². The van der Waals surface area contributed by atoms with Crippen molar-refractivity contribution < 1.29 is 4.79 Å². The van der Waals surface area contributed by atoms with Crippen molar-refractivity contribution in [3.63, 3.8) is 0 Å². The first-order chi connectivity index (χ1) is 6.59. The zero-order valence-electron chi connectivity index (χ0n) is 8.74. The third-order valence-electron chi connectivity index (χ3n) is 1.82. The lowest BCUT2D eigenvalue weighted by atomic mass is 10.2. The number of nitrogens with zero attached hydrogens (tertiary/aromatic N) is 2. The third-order valence-corrected chi connectivity index (χ3v) is 1.82. The van der Waals surface area contributed by atoms with Gasteiger partial charge in [0.1, 0.15) is 0 Å². The number of aryl methyl sites for hydroxylation is 2. The summed E-state index contributed by atoms with van der Waals surface area (Å²) in [4.78, 5) is 10.6. The molecule has 1 amide bonds. The van der Waals surface area contributed by atoms with E-state index in [0.717, 1.165) is 11.3 Å². The van der Waals surface area contributed by atoms with Gasteiger partial charge in [-0.15, -0.1) is 0 Å². The molecule has 0 radical (unpaired) electrons. The number of amides is 1. The summed E-state index contributed by atoms with van der Waals surface area (Å²) in [6.07, 6.45) is 5.81. The second-order valence-corrected chi connectivity index (χ2v) is 3.18. The van der Waals surface area contributed by atoms with Gasteiger partial charge >= 0.3 is 0 Å². The molecule has 1 aromatic rings. The van der Waals surface area contributed by atoms with Crippen LogP contribution in [0.25, 0.3) is 6.08 Å². The van der Waals surface area contributed by atoms with Crippen molar-refractivity contribution in [2.75, 3.05) is 6.54 Å². The Morgan fingerprint density at radius 3 is 2.93 bits per heavy atom. The quantitative estimate of drug-likeness (QED) is 0.774. The highest BCUT2D eigenvalue weighted by atomic mass is 16.1. The topological polar surface area (TPSA) is 46.9 Å². The molecule has 0 aromatic carbocycles. The highest BCUT2D eigenvalue weighted by molar-refractivity contribution is 5.73. The van der Waals surface area contributed by atoms with E-state index in [1.807, 2.05) is 32.3 Å². The largest absolute Gasteiger partial charge is 0.353 e. The zero-order valence-corrected chi connectivity index (χ0v) is 8.74. The minimum absolute atomic E-state index is 0.0161. The van der Waals surface area contributed by atoms with Crippen LogP contribution < -0.4 is 5.32 Å². The molecule has 0 saturated carbocycles. The summed E-state index contributed by atoms with van der Waals surface area (Å²) in [5, 5.41) is 6.89. The number of hydrogen-bond acceptors (Lipinski definition) is 2. The Morgan fingerprint density at radius 2 is 2.43 bits per heavy atom. The molecule has 1 aromatic heterocycles. The molecule has 0 spiro atoms. The summed E-state index contributed by atoms with van der Waals surface area (Å²) in [6, 6.07) is 0. The number of carbonyl (C=O) groups excluding carboxylic acids is 1. The molecule has 0 saturated heterocycles. The lowest BCUT2D eigenvalue weighted by Gasteiger charge is -1.93. The van der Waals surface area contributed by atoms with Crippen molar-refractivity contribution in [3.05, 3.63) is 23.5 Å². The van der Waals surface area contributed by atoms with Gasteiger partial charge in [0.25, 0.3) is 0 Å². The summed E-state index contributed by atoms with van der Waals surface area (Å²) in [6.45, 7) is 4.02. The molecule has 4 heteroatoms. The van der Waals surface area contributed by atoms with Gasteiger partial charge < -0.3 is 5.32 Å². The Balaban J connectivity index is 2.51. The molecule has 1 rings (SSSR count). The minimum atomic E-state index is -0.0161.